The molecule has 1 atom stereocenters. The fourth-order valence-corrected chi connectivity index (χ4v) is 4.34. The fraction of sp³-hybridized carbons (Fsp3) is 0.636. The van der Waals surface area contributed by atoms with Crippen LogP contribution in [0.4, 0.5) is 5.69 Å². The molecule has 0 radical (unpaired) electrons. The number of nitrogens with zero attached hydrogens (tertiary/aromatic N) is 1. The van der Waals surface area contributed by atoms with Gasteiger partial charge in [0.2, 0.25) is 11.8 Å². The lowest BCUT2D eigenvalue weighted by Gasteiger charge is -2.35. The molecular weight excluding hydrogens is 340 g/mol. The van der Waals surface area contributed by atoms with E-state index in [0.29, 0.717) is 24.2 Å². The highest BCUT2D eigenvalue weighted by atomic mass is 16.5. The zero-order valence-corrected chi connectivity index (χ0v) is 16.6. The van der Waals surface area contributed by atoms with Crippen molar-refractivity contribution >= 4 is 17.5 Å². The molecule has 1 heterocycles. The number of para-hydroxylation sites is 2. The molecule has 1 aliphatic carbocycles. The number of anilines is 1. The van der Waals surface area contributed by atoms with E-state index in [4.69, 9.17) is 4.74 Å². The molecule has 5 heteroatoms. The smallest absolute Gasteiger partial charge is 0.227 e. The van der Waals surface area contributed by atoms with E-state index in [1.807, 2.05) is 31.2 Å². The van der Waals surface area contributed by atoms with Crippen LogP contribution in [0, 0.1) is 17.8 Å². The molecule has 5 nitrogen and oxygen atoms in total. The van der Waals surface area contributed by atoms with Gasteiger partial charge < -0.3 is 15.0 Å². The maximum atomic E-state index is 12.8. The van der Waals surface area contributed by atoms with Crippen LogP contribution in [0.3, 0.4) is 0 Å². The Morgan fingerprint density at radius 3 is 2.52 bits per heavy atom. The van der Waals surface area contributed by atoms with E-state index in [-0.39, 0.29) is 17.7 Å². The van der Waals surface area contributed by atoms with E-state index >= 15 is 0 Å². The summed E-state index contributed by atoms with van der Waals surface area (Å²) < 4.78 is 5.58. The van der Waals surface area contributed by atoms with Crippen LogP contribution >= 0.6 is 0 Å². The van der Waals surface area contributed by atoms with Gasteiger partial charge in [-0.25, -0.2) is 0 Å². The zero-order valence-electron chi connectivity index (χ0n) is 16.6. The molecule has 0 aromatic heterocycles. The van der Waals surface area contributed by atoms with Crippen molar-refractivity contribution in [3.63, 3.8) is 0 Å². The van der Waals surface area contributed by atoms with Crippen LogP contribution in [0.25, 0.3) is 0 Å². The number of piperidine rings is 1. The first-order chi connectivity index (χ1) is 13.1. The fourth-order valence-electron chi connectivity index (χ4n) is 4.34. The average Bonchev–Trinajstić information content (AvgIpc) is 2.69. The zero-order chi connectivity index (χ0) is 19.2. The molecule has 148 valence electrons. The van der Waals surface area contributed by atoms with Gasteiger partial charge in [0.25, 0.3) is 0 Å². The van der Waals surface area contributed by atoms with Gasteiger partial charge in [0, 0.05) is 24.9 Å². The number of likely N-dealkylation sites (tertiary alicyclic amines) is 1. The Balaban J connectivity index is 1.51. The number of nitrogens with one attached hydrogen (secondary N) is 1. The van der Waals surface area contributed by atoms with Gasteiger partial charge in [0.15, 0.2) is 0 Å². The molecule has 1 aromatic rings. The van der Waals surface area contributed by atoms with Crippen LogP contribution in [0.1, 0.15) is 52.4 Å². The van der Waals surface area contributed by atoms with Crippen molar-refractivity contribution in [2.75, 3.05) is 25.0 Å². The van der Waals surface area contributed by atoms with E-state index in [1.54, 1.807) is 0 Å². The summed E-state index contributed by atoms with van der Waals surface area (Å²) in [5.41, 5.74) is 0.727. The first kappa shape index (κ1) is 19.7. The van der Waals surface area contributed by atoms with E-state index in [2.05, 4.69) is 17.1 Å². The third-order valence-corrected chi connectivity index (χ3v) is 5.86. The molecule has 1 N–H and O–H groups in total. The Hall–Kier alpha value is -2.04. The molecule has 3 rings (SSSR count). The maximum Gasteiger partial charge on any atom is 0.227 e. The number of benzene rings is 1. The molecule has 1 aliphatic heterocycles. The summed E-state index contributed by atoms with van der Waals surface area (Å²) >= 11 is 0. The normalized spacial score (nSPS) is 25.7. The minimum absolute atomic E-state index is 0.0241. The van der Waals surface area contributed by atoms with Crippen molar-refractivity contribution in [1.82, 2.24) is 4.90 Å². The highest BCUT2D eigenvalue weighted by molar-refractivity contribution is 5.94. The topological polar surface area (TPSA) is 58.6 Å². The van der Waals surface area contributed by atoms with Gasteiger partial charge in [-0.1, -0.05) is 19.1 Å². The van der Waals surface area contributed by atoms with E-state index in [0.717, 1.165) is 50.9 Å². The summed E-state index contributed by atoms with van der Waals surface area (Å²) in [6, 6.07) is 7.54. The Bertz CT molecular complexity index is 653. The Morgan fingerprint density at radius 2 is 1.81 bits per heavy atom. The summed E-state index contributed by atoms with van der Waals surface area (Å²) in [4.78, 5) is 27.5. The average molecular weight is 373 g/mol. The highest BCUT2D eigenvalue weighted by Crippen LogP contribution is 2.33. The summed E-state index contributed by atoms with van der Waals surface area (Å²) in [5, 5.41) is 3.02. The number of amides is 2. The predicted octanol–water partition coefficient (Wildman–Crippen LogP) is 4.09. The summed E-state index contributed by atoms with van der Waals surface area (Å²) in [5.74, 6) is 1.73. The molecule has 27 heavy (non-hydrogen) atoms. The Kier molecular flexibility index (Phi) is 6.75. The molecule has 1 saturated carbocycles. The van der Waals surface area contributed by atoms with Crippen molar-refractivity contribution in [3.05, 3.63) is 24.3 Å². The van der Waals surface area contributed by atoms with Gasteiger partial charge >= 0.3 is 0 Å². The van der Waals surface area contributed by atoms with Gasteiger partial charge in [-0.2, -0.15) is 0 Å². The number of carbonyl (C=O) groups excluding carboxylic acids is 2. The van der Waals surface area contributed by atoms with Crippen molar-refractivity contribution in [2.24, 2.45) is 17.8 Å². The van der Waals surface area contributed by atoms with Gasteiger partial charge in [-0.15, -0.1) is 0 Å². The molecule has 1 saturated heterocycles. The SMILES string of the molecule is CCOc1ccccc1NC(=O)C1CCC(C(=O)N2CCCC(C)C2)CC1. The molecule has 0 bridgehead atoms. The van der Waals surface area contributed by atoms with Gasteiger partial charge in [0.05, 0.1) is 12.3 Å². The number of rotatable bonds is 5. The summed E-state index contributed by atoms with van der Waals surface area (Å²) in [7, 11) is 0. The maximum absolute atomic E-state index is 12.8. The minimum atomic E-state index is -0.0241. The lowest BCUT2D eigenvalue weighted by molar-refractivity contribution is -0.139. The summed E-state index contributed by atoms with van der Waals surface area (Å²) in [6.45, 7) is 6.52. The van der Waals surface area contributed by atoms with Crippen LogP contribution in [-0.2, 0) is 9.59 Å². The van der Waals surface area contributed by atoms with Crippen LogP contribution < -0.4 is 10.1 Å². The van der Waals surface area contributed by atoms with Crippen LogP contribution in [-0.4, -0.2) is 36.4 Å². The van der Waals surface area contributed by atoms with Gasteiger partial charge in [-0.3, -0.25) is 9.59 Å². The second-order valence-corrected chi connectivity index (χ2v) is 8.00. The predicted molar refractivity (Wildman–Crippen MR) is 107 cm³/mol. The number of ether oxygens (including phenoxy) is 1. The molecular formula is C22H32N2O3. The first-order valence-corrected chi connectivity index (χ1v) is 10.4. The van der Waals surface area contributed by atoms with E-state index in [9.17, 15) is 9.59 Å². The van der Waals surface area contributed by atoms with Crippen molar-refractivity contribution in [1.29, 1.82) is 0 Å². The van der Waals surface area contributed by atoms with Crippen LogP contribution in [0.15, 0.2) is 24.3 Å². The second-order valence-electron chi connectivity index (χ2n) is 8.00. The molecule has 1 unspecified atom stereocenters. The third-order valence-electron chi connectivity index (χ3n) is 5.86. The monoisotopic (exact) mass is 372 g/mol. The van der Waals surface area contributed by atoms with Crippen molar-refractivity contribution in [2.45, 2.75) is 52.4 Å². The minimum Gasteiger partial charge on any atom is -0.492 e. The number of carbonyl (C=O) groups is 2. The highest BCUT2D eigenvalue weighted by Gasteiger charge is 2.33. The quantitative estimate of drug-likeness (QED) is 0.847. The Labute approximate surface area is 162 Å². The van der Waals surface area contributed by atoms with E-state index in [1.165, 1.54) is 6.42 Å². The number of hydrogen-bond acceptors (Lipinski definition) is 3. The van der Waals surface area contributed by atoms with Crippen molar-refractivity contribution < 1.29 is 14.3 Å². The van der Waals surface area contributed by atoms with Crippen LogP contribution in [0.2, 0.25) is 0 Å². The second kappa shape index (κ2) is 9.25. The first-order valence-electron chi connectivity index (χ1n) is 10.4. The van der Waals surface area contributed by atoms with Crippen molar-refractivity contribution in [3.8, 4) is 5.75 Å². The molecule has 2 amide bonds. The molecule has 2 aliphatic rings. The Morgan fingerprint density at radius 1 is 1.11 bits per heavy atom. The lowest BCUT2D eigenvalue weighted by atomic mass is 9.80. The van der Waals surface area contributed by atoms with Crippen LogP contribution in [0.5, 0.6) is 5.75 Å². The lowest BCUT2D eigenvalue weighted by Crippen LogP contribution is -2.43. The van der Waals surface area contributed by atoms with E-state index < -0.39 is 0 Å². The molecule has 1 aromatic carbocycles. The molecule has 0 spiro atoms. The largest absolute Gasteiger partial charge is 0.492 e. The van der Waals surface area contributed by atoms with Gasteiger partial charge in [0.1, 0.15) is 5.75 Å². The number of hydrogen-bond donors (Lipinski definition) is 1. The standard InChI is InChI=1S/C22H32N2O3/c1-3-27-20-9-5-4-8-19(20)23-21(25)17-10-12-18(13-11-17)22(26)24-14-6-7-16(2)15-24/h4-5,8-9,16-18H,3,6-7,10-15H2,1-2H3,(H,23,25). The summed E-state index contributed by atoms with van der Waals surface area (Å²) in [6.07, 6.45) is 5.53. The third kappa shape index (κ3) is 5.02. The van der Waals surface area contributed by atoms with Gasteiger partial charge in [-0.05, 0) is 63.5 Å². The molecule has 2 fully saturated rings.